The third-order valence-corrected chi connectivity index (χ3v) is 5.18. The van der Waals surface area contributed by atoms with Crippen LogP contribution in [0.15, 0.2) is 83.9 Å². The Morgan fingerprint density at radius 2 is 1.74 bits per heavy atom. The van der Waals surface area contributed by atoms with E-state index in [4.69, 9.17) is 0 Å². The molecule has 7 heteroatoms. The molecule has 7 nitrogen and oxygen atoms in total. The second-order valence-electron chi connectivity index (χ2n) is 7.29. The molecule has 2 aromatic heterocycles. The van der Waals surface area contributed by atoms with Crippen LogP contribution in [0.2, 0.25) is 0 Å². The molecule has 1 aliphatic heterocycles. The zero-order valence-electron chi connectivity index (χ0n) is 16.7. The van der Waals surface area contributed by atoms with Crippen molar-refractivity contribution in [3.63, 3.8) is 0 Å². The van der Waals surface area contributed by atoms with Crippen LogP contribution in [0.1, 0.15) is 11.3 Å². The van der Waals surface area contributed by atoms with E-state index in [9.17, 15) is 9.59 Å². The molecule has 0 radical (unpaired) electrons. The number of nitrogens with one attached hydrogen (secondary N) is 3. The van der Waals surface area contributed by atoms with Gasteiger partial charge in [0, 0.05) is 41.0 Å². The van der Waals surface area contributed by atoms with Gasteiger partial charge in [0.25, 0.3) is 11.5 Å². The van der Waals surface area contributed by atoms with Gasteiger partial charge < -0.3 is 10.6 Å². The minimum absolute atomic E-state index is 0.140. The summed E-state index contributed by atoms with van der Waals surface area (Å²) >= 11 is 0. The van der Waals surface area contributed by atoms with E-state index in [1.54, 1.807) is 23.1 Å². The van der Waals surface area contributed by atoms with Crippen molar-refractivity contribution in [2.24, 2.45) is 0 Å². The number of H-pyrrole nitrogens is 1. The number of anilines is 2. The maximum absolute atomic E-state index is 12.5. The van der Waals surface area contributed by atoms with Crippen LogP contribution in [0.25, 0.3) is 22.4 Å². The van der Waals surface area contributed by atoms with Crippen molar-refractivity contribution in [3.8, 4) is 16.8 Å². The maximum atomic E-state index is 12.5. The zero-order valence-corrected chi connectivity index (χ0v) is 16.7. The molecular formula is C24H19N5O2. The summed E-state index contributed by atoms with van der Waals surface area (Å²) in [6.45, 7) is 1.86. The molecule has 1 amide bonds. The molecule has 0 bridgehead atoms. The van der Waals surface area contributed by atoms with Crippen LogP contribution < -0.4 is 16.2 Å². The zero-order chi connectivity index (χ0) is 21.4. The van der Waals surface area contributed by atoms with E-state index in [2.05, 4.69) is 20.7 Å². The number of carbonyl (C=O) groups excluding carboxylic acids is 1. The van der Waals surface area contributed by atoms with Crippen molar-refractivity contribution < 1.29 is 4.79 Å². The van der Waals surface area contributed by atoms with E-state index >= 15 is 0 Å². The van der Waals surface area contributed by atoms with E-state index in [0.717, 1.165) is 33.8 Å². The standard InChI is InChI=1S/C24H19N5O2/c1-15-11-22(30)28-29(15)19-9-7-18(8-10-19)25-14-21-20-12-17(16-5-3-2-4-6-16)13-26-23(20)27-24(21)31/h2-14,25H,1H3,(H,28,30)(H,26,27,31). The van der Waals surface area contributed by atoms with Gasteiger partial charge in [-0.05, 0) is 42.8 Å². The first kappa shape index (κ1) is 18.6. The van der Waals surface area contributed by atoms with Crippen LogP contribution in [0.3, 0.4) is 0 Å². The fourth-order valence-corrected chi connectivity index (χ4v) is 3.61. The highest BCUT2D eigenvalue weighted by molar-refractivity contribution is 6.31. The molecule has 0 atom stereocenters. The molecule has 0 fully saturated rings. The molecule has 0 saturated carbocycles. The highest BCUT2D eigenvalue weighted by atomic mass is 16.2. The second-order valence-corrected chi connectivity index (χ2v) is 7.29. The van der Waals surface area contributed by atoms with Gasteiger partial charge in [-0.1, -0.05) is 30.3 Å². The van der Waals surface area contributed by atoms with Crippen LogP contribution in [-0.4, -0.2) is 20.7 Å². The summed E-state index contributed by atoms with van der Waals surface area (Å²) in [5.41, 5.74) is 5.62. The number of benzene rings is 2. The molecule has 0 saturated heterocycles. The summed E-state index contributed by atoms with van der Waals surface area (Å²) in [5.74, 6) is 0.359. The van der Waals surface area contributed by atoms with Crippen molar-refractivity contribution in [1.82, 2.24) is 14.8 Å². The van der Waals surface area contributed by atoms with Gasteiger partial charge in [-0.25, -0.2) is 4.98 Å². The molecule has 31 heavy (non-hydrogen) atoms. The number of hydrogen-bond acceptors (Lipinski definition) is 4. The summed E-state index contributed by atoms with van der Waals surface area (Å²) in [4.78, 5) is 28.4. The van der Waals surface area contributed by atoms with Crippen molar-refractivity contribution >= 4 is 23.0 Å². The molecule has 3 N–H and O–H groups in total. The van der Waals surface area contributed by atoms with E-state index in [-0.39, 0.29) is 11.5 Å². The Morgan fingerprint density at radius 3 is 2.45 bits per heavy atom. The van der Waals surface area contributed by atoms with Crippen LogP contribution in [0.5, 0.6) is 0 Å². The SMILES string of the molecule is Cc1cc(=O)[nH]n1-c1ccc(NC=C2C(=O)Nc3ncc(-c4ccccc4)cc32)cc1. The smallest absolute Gasteiger partial charge is 0.264 e. The summed E-state index contributed by atoms with van der Waals surface area (Å²) in [5, 5.41) is 8.75. The predicted molar refractivity (Wildman–Crippen MR) is 121 cm³/mol. The van der Waals surface area contributed by atoms with Crippen LogP contribution in [0.4, 0.5) is 11.5 Å². The van der Waals surface area contributed by atoms with Crippen molar-refractivity contribution in [3.05, 3.63) is 101 Å². The van der Waals surface area contributed by atoms with Gasteiger partial charge in [0.15, 0.2) is 0 Å². The number of aromatic nitrogens is 3. The number of hydrogen-bond donors (Lipinski definition) is 3. The first-order valence-electron chi connectivity index (χ1n) is 9.81. The molecule has 0 spiro atoms. The topological polar surface area (TPSA) is 91.8 Å². The summed E-state index contributed by atoms with van der Waals surface area (Å²) in [7, 11) is 0. The third-order valence-electron chi connectivity index (χ3n) is 5.18. The van der Waals surface area contributed by atoms with Gasteiger partial charge in [-0.2, -0.15) is 0 Å². The molecule has 152 valence electrons. The van der Waals surface area contributed by atoms with Gasteiger partial charge >= 0.3 is 0 Å². The normalized spacial score (nSPS) is 13.8. The highest BCUT2D eigenvalue weighted by Gasteiger charge is 2.25. The van der Waals surface area contributed by atoms with Crippen LogP contribution >= 0.6 is 0 Å². The van der Waals surface area contributed by atoms with E-state index in [1.165, 1.54) is 0 Å². The lowest BCUT2D eigenvalue weighted by Gasteiger charge is -2.08. The monoisotopic (exact) mass is 409 g/mol. The molecule has 1 aliphatic rings. The lowest BCUT2D eigenvalue weighted by atomic mass is 10.0. The molecule has 5 rings (SSSR count). The van der Waals surface area contributed by atoms with Gasteiger partial charge in [0.05, 0.1) is 11.3 Å². The van der Waals surface area contributed by atoms with Gasteiger partial charge in [-0.15, -0.1) is 0 Å². The minimum Gasteiger partial charge on any atom is -0.361 e. The number of pyridine rings is 1. The number of rotatable bonds is 4. The summed E-state index contributed by atoms with van der Waals surface area (Å²) < 4.78 is 1.72. The lowest BCUT2D eigenvalue weighted by molar-refractivity contribution is -0.110. The van der Waals surface area contributed by atoms with Gasteiger partial charge in [-0.3, -0.25) is 19.4 Å². The average Bonchev–Trinajstić information content (AvgIpc) is 3.30. The molecule has 0 aliphatic carbocycles. The Morgan fingerprint density at radius 1 is 0.968 bits per heavy atom. The Kier molecular flexibility index (Phi) is 4.48. The number of aromatic amines is 1. The summed E-state index contributed by atoms with van der Waals surface area (Å²) in [6, 6.07) is 21.0. The first-order chi connectivity index (χ1) is 15.1. The highest BCUT2D eigenvalue weighted by Crippen LogP contribution is 2.33. The molecule has 0 unspecified atom stereocenters. The molecule has 2 aromatic carbocycles. The van der Waals surface area contributed by atoms with Gasteiger partial charge in [0.2, 0.25) is 0 Å². The quantitative estimate of drug-likeness (QED) is 0.445. The number of amides is 1. The Hall–Kier alpha value is -4.39. The van der Waals surface area contributed by atoms with Crippen molar-refractivity contribution in [2.75, 3.05) is 10.6 Å². The Balaban J connectivity index is 1.41. The summed E-state index contributed by atoms with van der Waals surface area (Å²) in [6.07, 6.45) is 3.45. The lowest BCUT2D eigenvalue weighted by Crippen LogP contribution is -2.06. The second kappa shape index (κ2) is 7.46. The number of nitrogens with zero attached hydrogens (tertiary/aromatic N) is 2. The Bertz CT molecular complexity index is 1370. The fourth-order valence-electron chi connectivity index (χ4n) is 3.61. The number of aryl methyl sites for hydroxylation is 1. The van der Waals surface area contributed by atoms with Crippen LogP contribution in [0, 0.1) is 6.92 Å². The molecular weight excluding hydrogens is 390 g/mol. The third kappa shape index (κ3) is 3.53. The largest absolute Gasteiger partial charge is 0.361 e. The average molecular weight is 409 g/mol. The van der Waals surface area contributed by atoms with E-state index in [1.807, 2.05) is 67.6 Å². The number of carbonyl (C=O) groups is 1. The van der Waals surface area contributed by atoms with Crippen LogP contribution in [-0.2, 0) is 4.79 Å². The fraction of sp³-hybridized carbons (Fsp3) is 0.0417. The minimum atomic E-state index is -0.197. The maximum Gasteiger partial charge on any atom is 0.264 e. The van der Waals surface area contributed by atoms with Crippen molar-refractivity contribution in [2.45, 2.75) is 6.92 Å². The molecule has 3 heterocycles. The van der Waals surface area contributed by atoms with E-state index in [0.29, 0.717) is 11.4 Å². The van der Waals surface area contributed by atoms with E-state index < -0.39 is 0 Å². The molecule has 4 aromatic rings. The first-order valence-corrected chi connectivity index (χ1v) is 9.81. The van der Waals surface area contributed by atoms with Crippen molar-refractivity contribution in [1.29, 1.82) is 0 Å². The Labute approximate surface area is 178 Å². The van der Waals surface area contributed by atoms with Gasteiger partial charge in [0.1, 0.15) is 5.82 Å². The predicted octanol–water partition coefficient (Wildman–Crippen LogP) is 3.94. The number of fused-ring (bicyclic) bond motifs is 1.